The van der Waals surface area contributed by atoms with Crippen LogP contribution in [0.3, 0.4) is 0 Å². The van der Waals surface area contributed by atoms with Crippen molar-refractivity contribution in [1.82, 2.24) is 9.29 Å². The van der Waals surface area contributed by atoms with Crippen molar-refractivity contribution >= 4 is 27.3 Å². The molecule has 1 aliphatic carbocycles. The summed E-state index contributed by atoms with van der Waals surface area (Å²) in [5, 5.41) is 9.21. The molecular weight excluding hydrogens is 300 g/mol. The Morgan fingerprint density at radius 1 is 1.55 bits per heavy atom. The predicted octanol–water partition coefficient (Wildman–Crippen LogP) is 1.47. The number of nitrogens with zero attached hydrogens (tertiary/aromatic N) is 2. The quantitative estimate of drug-likeness (QED) is 0.888. The Morgan fingerprint density at radius 3 is 2.80 bits per heavy atom. The minimum Gasteiger partial charge on any atom is -0.481 e. The van der Waals surface area contributed by atoms with Gasteiger partial charge in [-0.3, -0.25) is 4.79 Å². The van der Waals surface area contributed by atoms with Gasteiger partial charge in [-0.2, -0.15) is 4.31 Å². The Bertz CT molecular complexity index is 596. The van der Waals surface area contributed by atoms with E-state index < -0.39 is 27.2 Å². The van der Waals surface area contributed by atoms with E-state index in [1.807, 2.05) is 6.92 Å². The van der Waals surface area contributed by atoms with Crippen LogP contribution in [0.25, 0.3) is 0 Å². The van der Waals surface area contributed by atoms with Gasteiger partial charge in [0.1, 0.15) is 0 Å². The van der Waals surface area contributed by atoms with Crippen LogP contribution in [-0.4, -0.2) is 41.1 Å². The molecule has 6 nitrogen and oxygen atoms in total. The fourth-order valence-electron chi connectivity index (χ4n) is 2.58. The number of carboxylic acid groups (broad SMARTS) is 1. The van der Waals surface area contributed by atoms with Crippen LogP contribution < -0.4 is 0 Å². The summed E-state index contributed by atoms with van der Waals surface area (Å²) in [6.45, 7) is 2.11. The molecule has 0 aliphatic heterocycles. The highest BCUT2D eigenvalue weighted by Crippen LogP contribution is 2.33. The predicted molar refractivity (Wildman–Crippen MR) is 76.0 cm³/mol. The first-order chi connectivity index (χ1) is 9.32. The zero-order valence-corrected chi connectivity index (χ0v) is 13.1. The number of carbonyl (C=O) groups is 1. The van der Waals surface area contributed by atoms with Crippen molar-refractivity contribution in [2.45, 2.75) is 38.0 Å². The number of carboxylic acids is 1. The van der Waals surface area contributed by atoms with E-state index in [4.69, 9.17) is 5.11 Å². The Balaban J connectivity index is 2.15. The first-order valence-electron chi connectivity index (χ1n) is 6.41. The Kier molecular flexibility index (Phi) is 4.46. The zero-order valence-electron chi connectivity index (χ0n) is 11.4. The van der Waals surface area contributed by atoms with Crippen LogP contribution in [0.1, 0.15) is 29.1 Å². The van der Waals surface area contributed by atoms with Crippen molar-refractivity contribution in [3.63, 3.8) is 0 Å². The smallest absolute Gasteiger partial charge is 0.307 e. The van der Waals surface area contributed by atoms with Gasteiger partial charge >= 0.3 is 5.97 Å². The van der Waals surface area contributed by atoms with Crippen molar-refractivity contribution in [2.24, 2.45) is 5.92 Å². The fraction of sp³-hybridized carbons (Fsp3) is 0.667. The Morgan fingerprint density at radius 2 is 2.25 bits per heavy atom. The summed E-state index contributed by atoms with van der Waals surface area (Å²) in [5.41, 5.74) is 0. The van der Waals surface area contributed by atoms with E-state index in [1.165, 1.54) is 22.7 Å². The van der Waals surface area contributed by atoms with Crippen molar-refractivity contribution in [2.75, 3.05) is 7.05 Å². The summed E-state index contributed by atoms with van der Waals surface area (Å²) in [5.74, 6) is -1.80. The highest BCUT2D eigenvalue weighted by molar-refractivity contribution is 7.89. The van der Waals surface area contributed by atoms with Gasteiger partial charge in [0.15, 0.2) is 0 Å². The number of aryl methyl sites for hydroxylation is 1. The number of aromatic nitrogens is 1. The molecule has 1 aromatic rings. The molecule has 2 atom stereocenters. The Hall–Kier alpha value is -0.990. The first-order valence-corrected chi connectivity index (χ1v) is 8.73. The van der Waals surface area contributed by atoms with Gasteiger partial charge in [-0.1, -0.05) is 6.42 Å². The molecule has 8 heteroatoms. The highest BCUT2D eigenvalue weighted by atomic mass is 32.2. The van der Waals surface area contributed by atoms with E-state index in [0.29, 0.717) is 19.3 Å². The first kappa shape index (κ1) is 15.4. The molecule has 0 spiro atoms. The average molecular weight is 318 g/mol. The molecule has 1 heterocycles. The van der Waals surface area contributed by atoms with Crippen molar-refractivity contribution in [3.8, 4) is 0 Å². The fourth-order valence-corrected chi connectivity index (χ4v) is 5.43. The topological polar surface area (TPSA) is 87.6 Å². The molecule has 0 radical (unpaired) electrons. The minimum absolute atomic E-state index is 0.247. The van der Waals surface area contributed by atoms with Crippen LogP contribution in [0.5, 0.6) is 0 Å². The molecule has 0 saturated heterocycles. The van der Waals surface area contributed by atoms with Gasteiger partial charge in [-0.15, -0.1) is 11.3 Å². The van der Waals surface area contributed by atoms with Crippen LogP contribution in [0.2, 0.25) is 0 Å². The molecule has 1 aromatic heterocycles. The van der Waals surface area contributed by atoms with E-state index >= 15 is 0 Å². The van der Waals surface area contributed by atoms with E-state index in [-0.39, 0.29) is 6.54 Å². The summed E-state index contributed by atoms with van der Waals surface area (Å²) in [6, 6.07) is 0. The summed E-state index contributed by atoms with van der Waals surface area (Å²) in [4.78, 5) is 16.1. The van der Waals surface area contributed by atoms with Crippen LogP contribution in [0.4, 0.5) is 0 Å². The molecule has 1 saturated carbocycles. The average Bonchev–Trinajstić information content (AvgIpc) is 2.98. The van der Waals surface area contributed by atoms with Crippen molar-refractivity contribution in [1.29, 1.82) is 0 Å². The molecule has 0 amide bonds. The maximum absolute atomic E-state index is 12.5. The molecule has 112 valence electrons. The summed E-state index contributed by atoms with van der Waals surface area (Å²) in [6.07, 6.45) is 3.17. The van der Waals surface area contributed by atoms with Gasteiger partial charge in [0.05, 0.1) is 16.2 Å². The third kappa shape index (κ3) is 3.02. The molecular formula is C12H18N2O4S2. The number of sulfonamides is 1. The summed E-state index contributed by atoms with van der Waals surface area (Å²) >= 11 is 1.45. The maximum Gasteiger partial charge on any atom is 0.307 e. The number of rotatable bonds is 5. The van der Waals surface area contributed by atoms with Crippen LogP contribution in [0, 0.1) is 12.8 Å². The molecule has 0 bridgehead atoms. The largest absolute Gasteiger partial charge is 0.481 e. The summed E-state index contributed by atoms with van der Waals surface area (Å²) in [7, 11) is -2.09. The SMILES string of the molecule is Cc1ncc(CN(C)S(=O)(=O)C2CCCC2C(=O)O)s1. The third-order valence-corrected chi connectivity index (χ3v) is 6.86. The third-order valence-electron chi connectivity index (χ3n) is 3.63. The zero-order chi connectivity index (χ0) is 14.9. The highest BCUT2D eigenvalue weighted by Gasteiger charge is 2.43. The number of hydrogen-bond acceptors (Lipinski definition) is 5. The van der Waals surface area contributed by atoms with Crippen molar-refractivity contribution in [3.05, 3.63) is 16.1 Å². The number of aliphatic carboxylic acids is 1. The van der Waals surface area contributed by atoms with Gasteiger partial charge in [0.2, 0.25) is 10.0 Å². The number of hydrogen-bond donors (Lipinski definition) is 1. The second kappa shape index (κ2) is 5.79. The van der Waals surface area contributed by atoms with Gasteiger partial charge in [-0.05, 0) is 19.8 Å². The monoisotopic (exact) mass is 318 g/mol. The molecule has 1 fully saturated rings. The van der Waals surface area contributed by atoms with E-state index in [2.05, 4.69) is 4.98 Å². The Labute approximate surface area is 122 Å². The van der Waals surface area contributed by atoms with Gasteiger partial charge in [0.25, 0.3) is 0 Å². The van der Waals surface area contributed by atoms with Gasteiger partial charge in [0, 0.05) is 24.7 Å². The van der Waals surface area contributed by atoms with Gasteiger partial charge < -0.3 is 5.11 Å². The minimum atomic E-state index is -3.59. The molecule has 1 aliphatic rings. The maximum atomic E-state index is 12.5. The second-order valence-electron chi connectivity index (χ2n) is 5.06. The van der Waals surface area contributed by atoms with E-state index in [1.54, 1.807) is 6.20 Å². The lowest BCUT2D eigenvalue weighted by Crippen LogP contribution is -2.39. The lowest BCUT2D eigenvalue weighted by Gasteiger charge is -2.23. The summed E-state index contributed by atoms with van der Waals surface area (Å²) < 4.78 is 26.3. The van der Waals surface area contributed by atoms with Crippen LogP contribution >= 0.6 is 11.3 Å². The standard InChI is InChI=1S/C12H18N2O4S2/c1-8-13-6-9(19-8)7-14(2)20(17,18)11-5-3-4-10(11)12(15)16/h6,10-11H,3-5,7H2,1-2H3,(H,15,16). The molecule has 1 N–H and O–H groups in total. The van der Waals surface area contributed by atoms with Crippen LogP contribution in [0.15, 0.2) is 6.20 Å². The second-order valence-corrected chi connectivity index (χ2v) is 8.64. The lowest BCUT2D eigenvalue weighted by molar-refractivity contribution is -0.141. The van der Waals surface area contributed by atoms with E-state index in [0.717, 1.165) is 9.88 Å². The molecule has 20 heavy (non-hydrogen) atoms. The molecule has 0 aromatic carbocycles. The van der Waals surface area contributed by atoms with Gasteiger partial charge in [-0.25, -0.2) is 13.4 Å². The molecule has 2 rings (SSSR count). The lowest BCUT2D eigenvalue weighted by atomic mass is 10.1. The normalized spacial score (nSPS) is 23.4. The number of thiazole rings is 1. The van der Waals surface area contributed by atoms with Crippen LogP contribution in [-0.2, 0) is 21.4 Å². The van der Waals surface area contributed by atoms with Crippen molar-refractivity contribution < 1.29 is 18.3 Å². The van der Waals surface area contributed by atoms with E-state index in [9.17, 15) is 13.2 Å². The molecule has 2 unspecified atom stereocenters.